The van der Waals surface area contributed by atoms with Gasteiger partial charge in [-0.2, -0.15) is 0 Å². The molecule has 3 rings (SSSR count). The van der Waals surface area contributed by atoms with Crippen LogP contribution in [0.25, 0.3) is 0 Å². The summed E-state index contributed by atoms with van der Waals surface area (Å²) >= 11 is 12.1. The van der Waals surface area contributed by atoms with Crippen LogP contribution in [0.5, 0.6) is 0 Å². The van der Waals surface area contributed by atoms with E-state index in [-0.39, 0.29) is 11.6 Å². The molecule has 120 valence electrons. The van der Waals surface area contributed by atoms with Crippen LogP contribution in [0.2, 0.25) is 10.0 Å². The Balaban J connectivity index is 1.79. The molecule has 0 saturated heterocycles. The van der Waals surface area contributed by atoms with Crippen molar-refractivity contribution >= 4 is 46.3 Å². The highest BCUT2D eigenvalue weighted by Gasteiger charge is 2.10. The van der Waals surface area contributed by atoms with Crippen molar-refractivity contribution in [2.24, 2.45) is 0 Å². The molecular formula is C17H12Cl2N4O. The fourth-order valence-corrected chi connectivity index (χ4v) is 2.35. The monoisotopic (exact) mass is 358 g/mol. The summed E-state index contributed by atoms with van der Waals surface area (Å²) in [5.41, 5.74) is 1.51. The van der Waals surface area contributed by atoms with Gasteiger partial charge < -0.3 is 10.6 Å². The van der Waals surface area contributed by atoms with Crippen molar-refractivity contribution in [3.05, 3.63) is 76.7 Å². The van der Waals surface area contributed by atoms with Crippen LogP contribution in [0.15, 0.2) is 60.9 Å². The molecule has 0 spiro atoms. The number of nitrogens with one attached hydrogen (secondary N) is 2. The number of nitrogens with zero attached hydrogens (tertiary/aromatic N) is 2. The quantitative estimate of drug-likeness (QED) is 0.704. The first kappa shape index (κ1) is 16.2. The van der Waals surface area contributed by atoms with E-state index in [9.17, 15) is 4.79 Å². The van der Waals surface area contributed by atoms with Crippen LogP contribution in [0, 0.1) is 0 Å². The molecule has 2 aromatic carbocycles. The summed E-state index contributed by atoms with van der Waals surface area (Å²) in [6.45, 7) is 0. The number of hydrogen-bond donors (Lipinski definition) is 2. The molecule has 7 heteroatoms. The second kappa shape index (κ2) is 7.29. The Morgan fingerprint density at radius 1 is 0.958 bits per heavy atom. The van der Waals surface area contributed by atoms with Gasteiger partial charge in [-0.05, 0) is 24.3 Å². The van der Waals surface area contributed by atoms with Crippen molar-refractivity contribution in [2.45, 2.75) is 0 Å². The number of halogens is 2. The van der Waals surface area contributed by atoms with Gasteiger partial charge in [0.05, 0.1) is 15.7 Å². The van der Waals surface area contributed by atoms with Gasteiger partial charge in [0.15, 0.2) is 0 Å². The van der Waals surface area contributed by atoms with Crippen molar-refractivity contribution < 1.29 is 4.79 Å². The van der Waals surface area contributed by atoms with Gasteiger partial charge in [0.1, 0.15) is 17.8 Å². The van der Waals surface area contributed by atoms with Crippen LogP contribution >= 0.6 is 23.2 Å². The first-order valence-electron chi connectivity index (χ1n) is 7.03. The third kappa shape index (κ3) is 3.82. The minimum atomic E-state index is -0.330. The van der Waals surface area contributed by atoms with E-state index in [4.69, 9.17) is 23.2 Å². The third-order valence-electron chi connectivity index (χ3n) is 3.15. The number of carbonyl (C=O) groups is 1. The molecular weight excluding hydrogens is 347 g/mol. The number of para-hydroxylation sites is 1. The second-order valence-electron chi connectivity index (χ2n) is 4.84. The van der Waals surface area contributed by atoms with Crippen LogP contribution in [-0.4, -0.2) is 15.9 Å². The minimum Gasteiger partial charge on any atom is -0.339 e. The SMILES string of the molecule is O=C(Nc1ccccc1)c1cc(Nc2cccc(Cl)c2Cl)ncn1. The summed E-state index contributed by atoms with van der Waals surface area (Å²) in [7, 11) is 0. The van der Waals surface area contributed by atoms with Crippen molar-refractivity contribution in [2.75, 3.05) is 10.6 Å². The van der Waals surface area contributed by atoms with Crippen LogP contribution < -0.4 is 10.6 Å². The summed E-state index contributed by atoms with van der Waals surface area (Å²) in [6, 6.07) is 15.9. The molecule has 3 aromatic rings. The molecule has 1 heterocycles. The Bertz CT molecular complexity index is 871. The van der Waals surface area contributed by atoms with Crippen LogP contribution in [0.4, 0.5) is 17.2 Å². The van der Waals surface area contributed by atoms with Gasteiger partial charge in [0.2, 0.25) is 0 Å². The molecule has 5 nitrogen and oxygen atoms in total. The Morgan fingerprint density at radius 2 is 1.75 bits per heavy atom. The van der Waals surface area contributed by atoms with Gasteiger partial charge in [-0.15, -0.1) is 0 Å². The van der Waals surface area contributed by atoms with Crippen LogP contribution in [0.3, 0.4) is 0 Å². The van der Waals surface area contributed by atoms with E-state index in [1.165, 1.54) is 12.4 Å². The molecule has 24 heavy (non-hydrogen) atoms. The smallest absolute Gasteiger partial charge is 0.274 e. The highest BCUT2D eigenvalue weighted by molar-refractivity contribution is 6.43. The van der Waals surface area contributed by atoms with Crippen molar-refractivity contribution in [1.29, 1.82) is 0 Å². The summed E-state index contributed by atoms with van der Waals surface area (Å²) in [6.07, 6.45) is 1.31. The molecule has 0 aliphatic rings. The van der Waals surface area contributed by atoms with Gasteiger partial charge in [-0.3, -0.25) is 4.79 Å². The zero-order chi connectivity index (χ0) is 16.9. The lowest BCUT2D eigenvalue weighted by Crippen LogP contribution is -2.14. The number of anilines is 3. The van der Waals surface area contributed by atoms with Gasteiger partial charge in [0.25, 0.3) is 5.91 Å². The third-order valence-corrected chi connectivity index (χ3v) is 3.96. The van der Waals surface area contributed by atoms with E-state index >= 15 is 0 Å². The van der Waals surface area contributed by atoms with Gasteiger partial charge >= 0.3 is 0 Å². The Labute approximate surface area is 148 Å². The van der Waals surface area contributed by atoms with E-state index in [1.54, 1.807) is 30.3 Å². The average Bonchev–Trinajstić information content (AvgIpc) is 2.60. The molecule has 0 saturated carbocycles. The fraction of sp³-hybridized carbons (Fsp3) is 0. The van der Waals surface area contributed by atoms with Gasteiger partial charge in [-0.25, -0.2) is 9.97 Å². The predicted molar refractivity (Wildman–Crippen MR) is 96.2 cm³/mol. The zero-order valence-corrected chi connectivity index (χ0v) is 13.8. The van der Waals surface area contributed by atoms with Crippen molar-refractivity contribution in [3.8, 4) is 0 Å². The topological polar surface area (TPSA) is 66.9 Å². The molecule has 0 fully saturated rings. The van der Waals surface area contributed by atoms with E-state index in [2.05, 4.69) is 20.6 Å². The first-order valence-corrected chi connectivity index (χ1v) is 7.78. The lowest BCUT2D eigenvalue weighted by Gasteiger charge is -2.09. The molecule has 0 bridgehead atoms. The number of hydrogen-bond acceptors (Lipinski definition) is 4. The highest BCUT2D eigenvalue weighted by Crippen LogP contribution is 2.31. The van der Waals surface area contributed by atoms with Crippen molar-refractivity contribution in [3.63, 3.8) is 0 Å². The molecule has 0 aliphatic heterocycles. The van der Waals surface area contributed by atoms with Gasteiger partial charge in [-0.1, -0.05) is 47.5 Å². The molecule has 0 aliphatic carbocycles. The van der Waals surface area contributed by atoms with E-state index < -0.39 is 0 Å². The number of benzene rings is 2. The predicted octanol–water partition coefficient (Wildman–Crippen LogP) is 4.78. The molecule has 2 N–H and O–H groups in total. The summed E-state index contributed by atoms with van der Waals surface area (Å²) < 4.78 is 0. The number of carbonyl (C=O) groups excluding carboxylic acids is 1. The molecule has 0 atom stereocenters. The Hall–Kier alpha value is -2.63. The number of amides is 1. The van der Waals surface area contributed by atoms with E-state index in [1.807, 2.05) is 18.2 Å². The maximum atomic E-state index is 12.3. The second-order valence-corrected chi connectivity index (χ2v) is 5.62. The zero-order valence-electron chi connectivity index (χ0n) is 12.3. The normalized spacial score (nSPS) is 10.2. The maximum Gasteiger partial charge on any atom is 0.274 e. The van der Waals surface area contributed by atoms with Crippen molar-refractivity contribution in [1.82, 2.24) is 9.97 Å². The fourth-order valence-electron chi connectivity index (χ4n) is 2.00. The Morgan fingerprint density at radius 3 is 2.54 bits per heavy atom. The van der Waals surface area contributed by atoms with Crippen LogP contribution in [0.1, 0.15) is 10.5 Å². The number of rotatable bonds is 4. The molecule has 0 radical (unpaired) electrons. The summed E-state index contributed by atoms with van der Waals surface area (Å²) in [5.74, 6) is 0.108. The Kier molecular flexibility index (Phi) is 4.93. The number of aromatic nitrogens is 2. The minimum absolute atomic E-state index is 0.231. The molecule has 1 amide bonds. The highest BCUT2D eigenvalue weighted by atomic mass is 35.5. The first-order chi connectivity index (χ1) is 11.6. The standard InChI is InChI=1S/C17H12Cl2N4O/c18-12-7-4-8-13(16(12)19)23-15-9-14(20-10-21-15)17(24)22-11-5-2-1-3-6-11/h1-10H,(H,22,24)(H,20,21,23). The van der Waals surface area contributed by atoms with Crippen LogP contribution in [-0.2, 0) is 0 Å². The lowest BCUT2D eigenvalue weighted by atomic mass is 10.3. The van der Waals surface area contributed by atoms with Gasteiger partial charge in [0, 0.05) is 11.8 Å². The van der Waals surface area contributed by atoms with E-state index in [0.717, 1.165) is 0 Å². The molecule has 1 aromatic heterocycles. The maximum absolute atomic E-state index is 12.3. The summed E-state index contributed by atoms with van der Waals surface area (Å²) in [5, 5.41) is 6.60. The average molecular weight is 359 g/mol. The largest absolute Gasteiger partial charge is 0.339 e. The molecule has 0 unspecified atom stereocenters. The summed E-state index contributed by atoms with van der Waals surface area (Å²) in [4.78, 5) is 20.3. The lowest BCUT2D eigenvalue weighted by molar-refractivity contribution is 0.102. The van der Waals surface area contributed by atoms with E-state index in [0.29, 0.717) is 27.2 Å².